The van der Waals surface area contributed by atoms with Gasteiger partial charge in [0, 0.05) is 83.0 Å². The van der Waals surface area contributed by atoms with Gasteiger partial charge in [-0.1, -0.05) is 18.2 Å². The molecule has 0 bridgehead atoms. The average molecular weight is 628 g/mol. The molecule has 1 N–H and O–H groups in total. The predicted molar refractivity (Wildman–Crippen MR) is 163 cm³/mol. The summed E-state index contributed by atoms with van der Waals surface area (Å²) in [4.78, 5) is 36.6. The number of piperidine rings is 2. The van der Waals surface area contributed by atoms with Gasteiger partial charge in [0.1, 0.15) is 5.60 Å². The highest BCUT2D eigenvalue weighted by Crippen LogP contribution is 2.37. The van der Waals surface area contributed by atoms with Crippen molar-refractivity contribution in [3.63, 3.8) is 0 Å². The first-order valence-electron chi connectivity index (χ1n) is 16.4. The van der Waals surface area contributed by atoms with E-state index in [4.69, 9.17) is 4.74 Å². The number of carbonyl (C=O) groups excluding carboxylic acids is 2. The summed E-state index contributed by atoms with van der Waals surface area (Å²) < 4.78 is 44.6. The van der Waals surface area contributed by atoms with Crippen LogP contribution in [0, 0.1) is 11.8 Å². The molecule has 0 unspecified atom stereocenters. The molecule has 4 fully saturated rings. The number of likely N-dealkylation sites (tertiary alicyclic amines) is 2. The number of hydrogen-bond donors (Lipinski definition) is 1. The minimum atomic E-state index is -4.33. The molecule has 8 nitrogen and oxygen atoms in total. The first-order valence-corrected chi connectivity index (χ1v) is 16.4. The number of rotatable bonds is 8. The van der Waals surface area contributed by atoms with Crippen LogP contribution >= 0.6 is 0 Å². The van der Waals surface area contributed by atoms with Crippen LogP contribution in [0.1, 0.15) is 68.1 Å². The molecule has 1 aromatic carbocycles. The Morgan fingerprint density at radius 2 is 1.58 bits per heavy atom. The van der Waals surface area contributed by atoms with Crippen molar-refractivity contribution in [3.05, 3.63) is 65.5 Å². The number of nitrogens with one attached hydrogen (secondary N) is 1. The SMILES string of the molecule is O=C(NC1CCN(Cc2cccnc2)CC1)C1CCC(CN2CC3(CCN(Cc4ccc(C(F)(F)F)cc4)CC3)OC2=O)CC1. The van der Waals surface area contributed by atoms with Crippen molar-refractivity contribution in [2.75, 3.05) is 39.3 Å². The second-order valence-corrected chi connectivity index (χ2v) is 13.5. The lowest BCUT2D eigenvalue weighted by Crippen LogP contribution is -2.47. The molecule has 0 radical (unpaired) electrons. The summed E-state index contributed by atoms with van der Waals surface area (Å²) in [5.74, 6) is 0.592. The van der Waals surface area contributed by atoms with E-state index in [-0.39, 0.29) is 24.0 Å². The standard InChI is InChI=1S/C34H44F3N5O3/c35-34(36,37)29-9-5-25(6-10-29)21-41-18-13-33(14-19-41)24-42(32(44)45-33)23-26-3-7-28(8-4-26)31(43)39-30-11-16-40(17-12-30)22-27-2-1-15-38-20-27/h1-2,5-6,9-10,15,20,26,28,30H,3-4,7-8,11-14,16-19,21-24H2,(H,39,43). The zero-order chi connectivity index (χ0) is 31.4. The molecule has 244 valence electrons. The number of amides is 2. The van der Waals surface area contributed by atoms with Gasteiger partial charge in [0.15, 0.2) is 0 Å². The van der Waals surface area contributed by atoms with E-state index in [2.05, 4.69) is 26.2 Å². The second kappa shape index (κ2) is 13.7. The normalized spacial score (nSPS) is 25.0. The molecular formula is C34H44F3N5O3. The number of aromatic nitrogens is 1. The van der Waals surface area contributed by atoms with Gasteiger partial charge in [-0.3, -0.25) is 19.6 Å². The van der Waals surface area contributed by atoms with Gasteiger partial charge >= 0.3 is 12.3 Å². The third kappa shape index (κ3) is 8.16. The fraction of sp³-hybridized carbons (Fsp3) is 0.618. The molecule has 1 spiro atoms. The van der Waals surface area contributed by atoms with E-state index in [1.807, 2.05) is 17.2 Å². The molecule has 1 saturated carbocycles. The van der Waals surface area contributed by atoms with Crippen LogP contribution in [0.15, 0.2) is 48.8 Å². The zero-order valence-corrected chi connectivity index (χ0v) is 25.8. The second-order valence-electron chi connectivity index (χ2n) is 13.5. The van der Waals surface area contributed by atoms with Crippen LogP contribution in [0.4, 0.5) is 18.0 Å². The monoisotopic (exact) mass is 627 g/mol. The van der Waals surface area contributed by atoms with Crippen molar-refractivity contribution in [2.45, 2.75) is 82.3 Å². The van der Waals surface area contributed by atoms with Crippen LogP contribution in [0.3, 0.4) is 0 Å². The van der Waals surface area contributed by atoms with E-state index >= 15 is 0 Å². The van der Waals surface area contributed by atoms with E-state index in [9.17, 15) is 22.8 Å². The van der Waals surface area contributed by atoms with Crippen LogP contribution in [-0.4, -0.2) is 82.6 Å². The minimum absolute atomic E-state index is 0.0422. The summed E-state index contributed by atoms with van der Waals surface area (Å²) in [5.41, 5.74) is 0.936. The maximum Gasteiger partial charge on any atom is 0.416 e. The van der Waals surface area contributed by atoms with E-state index in [0.29, 0.717) is 38.4 Å². The van der Waals surface area contributed by atoms with Crippen LogP contribution in [-0.2, 0) is 28.8 Å². The molecule has 1 aromatic heterocycles. The minimum Gasteiger partial charge on any atom is -0.441 e. The Bertz CT molecular complexity index is 1280. The molecule has 1 aliphatic carbocycles. The highest BCUT2D eigenvalue weighted by Gasteiger charge is 2.47. The van der Waals surface area contributed by atoms with Crippen LogP contribution in [0.25, 0.3) is 0 Å². The lowest BCUT2D eigenvalue weighted by Gasteiger charge is -2.37. The quantitative estimate of drug-likeness (QED) is 0.418. The van der Waals surface area contributed by atoms with Crippen LogP contribution in [0.5, 0.6) is 0 Å². The van der Waals surface area contributed by atoms with Crippen molar-refractivity contribution >= 4 is 12.0 Å². The highest BCUT2D eigenvalue weighted by atomic mass is 19.4. The molecular weight excluding hydrogens is 583 g/mol. The molecule has 0 atom stereocenters. The highest BCUT2D eigenvalue weighted by molar-refractivity contribution is 5.79. The van der Waals surface area contributed by atoms with Crippen molar-refractivity contribution in [1.29, 1.82) is 0 Å². The van der Waals surface area contributed by atoms with Crippen LogP contribution < -0.4 is 5.32 Å². The maximum atomic E-state index is 13.1. The van der Waals surface area contributed by atoms with Gasteiger partial charge < -0.3 is 15.0 Å². The first-order chi connectivity index (χ1) is 21.6. The molecule has 45 heavy (non-hydrogen) atoms. The fourth-order valence-electron chi connectivity index (χ4n) is 7.49. The summed E-state index contributed by atoms with van der Waals surface area (Å²) in [6.07, 6.45) is 6.04. The summed E-state index contributed by atoms with van der Waals surface area (Å²) >= 11 is 0. The lowest BCUT2D eigenvalue weighted by atomic mass is 9.81. The van der Waals surface area contributed by atoms with Gasteiger partial charge in [-0.25, -0.2) is 4.79 Å². The summed E-state index contributed by atoms with van der Waals surface area (Å²) in [6, 6.07) is 9.64. The van der Waals surface area contributed by atoms with Crippen molar-refractivity contribution < 1.29 is 27.5 Å². The third-order valence-corrected chi connectivity index (χ3v) is 10.3. The van der Waals surface area contributed by atoms with E-state index < -0.39 is 17.3 Å². The van der Waals surface area contributed by atoms with Crippen molar-refractivity contribution in [1.82, 2.24) is 25.0 Å². The first kappa shape index (κ1) is 31.8. The fourth-order valence-corrected chi connectivity index (χ4v) is 7.49. The molecule has 6 rings (SSSR count). The number of pyridine rings is 1. The Hall–Kier alpha value is -3.18. The predicted octanol–water partition coefficient (Wildman–Crippen LogP) is 5.47. The third-order valence-electron chi connectivity index (χ3n) is 10.3. The molecule has 4 aliphatic rings. The van der Waals surface area contributed by atoms with Crippen LogP contribution in [0.2, 0.25) is 0 Å². The van der Waals surface area contributed by atoms with Gasteiger partial charge in [0.05, 0.1) is 12.1 Å². The van der Waals surface area contributed by atoms with Gasteiger partial charge in [0.25, 0.3) is 0 Å². The molecule has 3 saturated heterocycles. The Kier molecular flexibility index (Phi) is 9.65. The number of benzene rings is 1. The van der Waals surface area contributed by atoms with Gasteiger partial charge in [-0.2, -0.15) is 13.2 Å². The Balaban J connectivity index is 0.888. The maximum absolute atomic E-state index is 13.1. The number of alkyl halides is 3. The molecule has 2 aromatic rings. The number of ether oxygens (including phenoxy) is 1. The average Bonchev–Trinajstić information content (AvgIpc) is 3.33. The summed E-state index contributed by atoms with van der Waals surface area (Å²) in [7, 11) is 0. The Labute approximate surface area is 263 Å². The molecule has 4 heterocycles. The van der Waals surface area contributed by atoms with E-state index in [1.54, 1.807) is 6.20 Å². The number of nitrogens with zero attached hydrogens (tertiary/aromatic N) is 4. The van der Waals surface area contributed by atoms with Crippen molar-refractivity contribution in [2.24, 2.45) is 11.8 Å². The smallest absolute Gasteiger partial charge is 0.416 e. The van der Waals surface area contributed by atoms with Gasteiger partial charge in [-0.05, 0) is 73.8 Å². The number of carbonyl (C=O) groups is 2. The van der Waals surface area contributed by atoms with Gasteiger partial charge in [-0.15, -0.1) is 0 Å². The Morgan fingerprint density at radius 3 is 2.22 bits per heavy atom. The van der Waals surface area contributed by atoms with E-state index in [0.717, 1.165) is 88.9 Å². The topological polar surface area (TPSA) is 78.0 Å². The number of halogens is 3. The summed E-state index contributed by atoms with van der Waals surface area (Å²) in [5, 5.41) is 3.32. The lowest BCUT2D eigenvalue weighted by molar-refractivity contribution is -0.137. The largest absolute Gasteiger partial charge is 0.441 e. The zero-order valence-electron chi connectivity index (χ0n) is 25.8. The van der Waals surface area contributed by atoms with Crippen molar-refractivity contribution in [3.8, 4) is 0 Å². The summed E-state index contributed by atoms with van der Waals surface area (Å²) in [6.45, 7) is 6.12. The number of hydrogen-bond acceptors (Lipinski definition) is 6. The van der Waals surface area contributed by atoms with Gasteiger partial charge in [0.2, 0.25) is 5.91 Å². The molecule has 2 amide bonds. The Morgan fingerprint density at radius 1 is 0.911 bits per heavy atom. The molecule has 3 aliphatic heterocycles. The van der Waals surface area contributed by atoms with E-state index in [1.165, 1.54) is 17.7 Å². The molecule has 11 heteroatoms.